The van der Waals surface area contributed by atoms with E-state index in [1.807, 2.05) is 18.2 Å². The standard InChI is InChI=1S/C12H15BrO2/c1-3-10-5-4-9(7-14)6-11(10)12(13)8(2)15/h4-6,12,14H,3,7H2,1-2H3. The second kappa shape index (κ2) is 5.42. The Hall–Kier alpha value is -0.670. The minimum atomic E-state index is -0.265. The molecule has 1 N–H and O–H groups in total. The highest BCUT2D eigenvalue weighted by Crippen LogP contribution is 2.28. The molecule has 1 atom stereocenters. The average Bonchev–Trinajstić information content (AvgIpc) is 2.27. The first-order valence-corrected chi connectivity index (χ1v) is 5.88. The van der Waals surface area contributed by atoms with E-state index in [-0.39, 0.29) is 17.2 Å². The molecule has 0 aliphatic heterocycles. The van der Waals surface area contributed by atoms with Crippen LogP contribution < -0.4 is 0 Å². The van der Waals surface area contributed by atoms with Crippen LogP contribution in [0.25, 0.3) is 0 Å². The zero-order valence-electron chi connectivity index (χ0n) is 8.96. The van der Waals surface area contributed by atoms with Gasteiger partial charge >= 0.3 is 0 Å². The summed E-state index contributed by atoms with van der Waals surface area (Å²) in [5, 5.41) is 9.05. The molecule has 0 aliphatic carbocycles. The van der Waals surface area contributed by atoms with Gasteiger partial charge in [0.2, 0.25) is 0 Å². The van der Waals surface area contributed by atoms with Gasteiger partial charge in [-0.15, -0.1) is 0 Å². The van der Waals surface area contributed by atoms with Gasteiger partial charge in [0.1, 0.15) is 5.78 Å². The molecule has 1 unspecified atom stereocenters. The number of hydrogen-bond donors (Lipinski definition) is 1. The van der Waals surface area contributed by atoms with E-state index < -0.39 is 0 Å². The predicted octanol–water partition coefficient (Wildman–Crippen LogP) is 2.77. The highest BCUT2D eigenvalue weighted by molar-refractivity contribution is 9.09. The Morgan fingerprint density at radius 1 is 1.53 bits per heavy atom. The van der Waals surface area contributed by atoms with Crippen LogP contribution in [0.5, 0.6) is 0 Å². The number of Topliss-reactive ketones (excluding diaryl/α,β-unsaturated/α-hetero) is 1. The number of carbonyl (C=O) groups excluding carboxylic acids is 1. The van der Waals surface area contributed by atoms with Gasteiger partial charge in [-0.2, -0.15) is 0 Å². The van der Waals surface area contributed by atoms with Gasteiger partial charge in [0.25, 0.3) is 0 Å². The Morgan fingerprint density at radius 2 is 2.20 bits per heavy atom. The zero-order chi connectivity index (χ0) is 11.4. The fourth-order valence-corrected chi connectivity index (χ4v) is 1.95. The molecule has 0 spiro atoms. The molecule has 15 heavy (non-hydrogen) atoms. The van der Waals surface area contributed by atoms with Crippen molar-refractivity contribution in [2.24, 2.45) is 0 Å². The van der Waals surface area contributed by atoms with Crippen molar-refractivity contribution in [3.63, 3.8) is 0 Å². The Kier molecular flexibility index (Phi) is 4.48. The van der Waals surface area contributed by atoms with Crippen molar-refractivity contribution in [2.45, 2.75) is 31.7 Å². The third kappa shape index (κ3) is 2.89. The molecule has 1 rings (SSSR count). The largest absolute Gasteiger partial charge is 0.392 e. The topological polar surface area (TPSA) is 37.3 Å². The minimum absolute atomic E-state index is 0.00855. The van der Waals surface area contributed by atoms with Gasteiger partial charge in [-0.05, 0) is 30.0 Å². The molecule has 0 bridgehead atoms. The molecule has 3 heteroatoms. The maximum absolute atomic E-state index is 11.3. The van der Waals surface area contributed by atoms with E-state index in [1.165, 1.54) is 0 Å². The van der Waals surface area contributed by atoms with Crippen molar-refractivity contribution in [1.29, 1.82) is 0 Å². The van der Waals surface area contributed by atoms with Crippen molar-refractivity contribution < 1.29 is 9.90 Å². The van der Waals surface area contributed by atoms with E-state index in [9.17, 15) is 4.79 Å². The summed E-state index contributed by atoms with van der Waals surface area (Å²) in [6, 6.07) is 5.75. The minimum Gasteiger partial charge on any atom is -0.392 e. The molecule has 0 heterocycles. The van der Waals surface area contributed by atoms with Crippen molar-refractivity contribution >= 4 is 21.7 Å². The molecule has 0 aliphatic rings. The average molecular weight is 271 g/mol. The number of benzene rings is 1. The van der Waals surface area contributed by atoms with E-state index >= 15 is 0 Å². The molecule has 82 valence electrons. The summed E-state index contributed by atoms with van der Waals surface area (Å²) in [6.07, 6.45) is 0.885. The third-order valence-electron chi connectivity index (χ3n) is 2.40. The first-order chi connectivity index (χ1) is 7.10. The van der Waals surface area contributed by atoms with Crippen molar-refractivity contribution in [1.82, 2.24) is 0 Å². The van der Waals surface area contributed by atoms with Crippen LogP contribution in [0, 0.1) is 0 Å². The summed E-state index contributed by atoms with van der Waals surface area (Å²) < 4.78 is 0. The summed E-state index contributed by atoms with van der Waals surface area (Å²) in [6.45, 7) is 3.62. The smallest absolute Gasteiger partial charge is 0.147 e. The summed E-state index contributed by atoms with van der Waals surface area (Å²) in [4.78, 5) is 11.0. The van der Waals surface area contributed by atoms with E-state index in [0.717, 1.165) is 23.1 Å². The normalized spacial score (nSPS) is 12.5. The molecular weight excluding hydrogens is 256 g/mol. The molecule has 0 fully saturated rings. The Bertz CT molecular complexity index is 361. The highest BCUT2D eigenvalue weighted by atomic mass is 79.9. The van der Waals surface area contributed by atoms with Crippen molar-refractivity contribution in [3.05, 3.63) is 34.9 Å². The van der Waals surface area contributed by atoms with Gasteiger partial charge in [0.15, 0.2) is 0 Å². The lowest BCUT2D eigenvalue weighted by Gasteiger charge is -2.13. The first-order valence-electron chi connectivity index (χ1n) is 4.97. The van der Waals surface area contributed by atoms with Gasteiger partial charge in [-0.1, -0.05) is 41.1 Å². The number of carbonyl (C=O) groups is 1. The second-order valence-electron chi connectivity index (χ2n) is 3.52. The zero-order valence-corrected chi connectivity index (χ0v) is 10.5. The molecule has 0 aromatic heterocycles. The maximum atomic E-state index is 11.3. The SMILES string of the molecule is CCc1ccc(CO)cc1C(Br)C(C)=O. The fourth-order valence-electron chi connectivity index (χ4n) is 1.52. The van der Waals surface area contributed by atoms with Crippen LogP contribution in [-0.4, -0.2) is 10.9 Å². The summed E-state index contributed by atoms with van der Waals surface area (Å²) in [5.41, 5.74) is 2.95. The quantitative estimate of drug-likeness (QED) is 0.855. The summed E-state index contributed by atoms with van der Waals surface area (Å²) in [5.74, 6) is 0.0831. The summed E-state index contributed by atoms with van der Waals surface area (Å²) >= 11 is 3.37. The van der Waals surface area contributed by atoms with Crippen LogP contribution in [-0.2, 0) is 17.8 Å². The number of ketones is 1. The van der Waals surface area contributed by atoms with Crippen LogP contribution >= 0.6 is 15.9 Å². The second-order valence-corrected chi connectivity index (χ2v) is 4.43. The molecule has 0 saturated heterocycles. The van der Waals surface area contributed by atoms with Crippen molar-refractivity contribution in [3.8, 4) is 0 Å². The van der Waals surface area contributed by atoms with E-state index in [2.05, 4.69) is 22.9 Å². The van der Waals surface area contributed by atoms with Crippen LogP contribution in [0.3, 0.4) is 0 Å². The van der Waals surface area contributed by atoms with E-state index in [4.69, 9.17) is 5.11 Å². The van der Waals surface area contributed by atoms with Gasteiger partial charge in [-0.3, -0.25) is 4.79 Å². The maximum Gasteiger partial charge on any atom is 0.147 e. The molecule has 0 radical (unpaired) electrons. The molecule has 1 aromatic carbocycles. The Balaban J connectivity index is 3.16. The third-order valence-corrected chi connectivity index (χ3v) is 3.54. The lowest BCUT2D eigenvalue weighted by atomic mass is 9.98. The first kappa shape index (κ1) is 12.4. The lowest BCUT2D eigenvalue weighted by molar-refractivity contribution is -0.116. The van der Waals surface area contributed by atoms with Crippen molar-refractivity contribution in [2.75, 3.05) is 0 Å². The molecule has 0 saturated carbocycles. The van der Waals surface area contributed by atoms with Gasteiger partial charge in [0.05, 0.1) is 11.4 Å². The molecule has 2 nitrogen and oxygen atoms in total. The molecule has 0 amide bonds. The van der Waals surface area contributed by atoms with Crippen LogP contribution in [0.15, 0.2) is 18.2 Å². The van der Waals surface area contributed by atoms with E-state index in [1.54, 1.807) is 6.92 Å². The van der Waals surface area contributed by atoms with Gasteiger partial charge in [0, 0.05) is 0 Å². The number of halogens is 1. The summed E-state index contributed by atoms with van der Waals surface area (Å²) in [7, 11) is 0. The number of rotatable bonds is 4. The number of hydrogen-bond acceptors (Lipinski definition) is 2. The van der Waals surface area contributed by atoms with Crippen LogP contribution in [0.4, 0.5) is 0 Å². The number of aliphatic hydroxyl groups excluding tert-OH is 1. The lowest BCUT2D eigenvalue weighted by Crippen LogP contribution is -2.05. The van der Waals surface area contributed by atoms with Gasteiger partial charge in [-0.25, -0.2) is 0 Å². The number of alkyl halides is 1. The predicted molar refractivity (Wildman–Crippen MR) is 64.1 cm³/mol. The number of aliphatic hydroxyl groups is 1. The Morgan fingerprint density at radius 3 is 2.67 bits per heavy atom. The molecule has 1 aromatic rings. The van der Waals surface area contributed by atoms with Gasteiger partial charge < -0.3 is 5.11 Å². The van der Waals surface area contributed by atoms with E-state index in [0.29, 0.717) is 0 Å². The number of aryl methyl sites for hydroxylation is 1. The highest BCUT2D eigenvalue weighted by Gasteiger charge is 2.16. The Labute approximate surface area is 98.4 Å². The van der Waals surface area contributed by atoms with Crippen LogP contribution in [0.1, 0.15) is 35.4 Å². The monoisotopic (exact) mass is 270 g/mol. The molecular formula is C12H15BrO2. The van der Waals surface area contributed by atoms with Crippen LogP contribution in [0.2, 0.25) is 0 Å². The fraction of sp³-hybridized carbons (Fsp3) is 0.417.